The Bertz CT molecular complexity index is 425. The summed E-state index contributed by atoms with van der Waals surface area (Å²) in [7, 11) is 1.54. The predicted molar refractivity (Wildman–Crippen MR) is 58.0 cm³/mol. The topological polar surface area (TPSA) is 61.7 Å². The van der Waals surface area contributed by atoms with Crippen LogP contribution in [0.1, 0.15) is 11.7 Å². The van der Waals surface area contributed by atoms with Gasteiger partial charge in [-0.15, -0.1) is 13.2 Å². The SMILES string of the molecule is CNCC(O)C(O)c1ccc(OC(F)(F)F)c(F)c1. The first kappa shape index (κ1) is 15.7. The van der Waals surface area contributed by atoms with Crippen molar-refractivity contribution in [2.45, 2.75) is 18.6 Å². The Morgan fingerprint density at radius 2 is 1.95 bits per heavy atom. The quantitative estimate of drug-likeness (QED) is 0.714. The van der Waals surface area contributed by atoms with E-state index in [9.17, 15) is 27.8 Å². The van der Waals surface area contributed by atoms with Crippen LogP contribution in [-0.4, -0.2) is 36.3 Å². The van der Waals surface area contributed by atoms with E-state index in [0.29, 0.717) is 6.07 Å². The van der Waals surface area contributed by atoms with Crippen LogP contribution in [0.5, 0.6) is 5.75 Å². The number of aliphatic hydroxyl groups excluding tert-OH is 2. The molecule has 0 heterocycles. The van der Waals surface area contributed by atoms with Gasteiger partial charge in [-0.2, -0.15) is 0 Å². The minimum absolute atomic E-state index is 0.0452. The number of likely N-dealkylation sites (N-methyl/N-ethyl adjacent to an activating group) is 1. The fraction of sp³-hybridized carbons (Fsp3) is 0.455. The van der Waals surface area contributed by atoms with Crippen LogP contribution in [0.25, 0.3) is 0 Å². The highest BCUT2D eigenvalue weighted by Gasteiger charge is 2.32. The normalized spacial score (nSPS) is 15.1. The van der Waals surface area contributed by atoms with Crippen molar-refractivity contribution >= 4 is 0 Å². The number of ether oxygens (including phenoxy) is 1. The zero-order chi connectivity index (χ0) is 14.6. The summed E-state index contributed by atoms with van der Waals surface area (Å²) < 4.78 is 52.6. The first-order valence-corrected chi connectivity index (χ1v) is 5.30. The van der Waals surface area contributed by atoms with Crippen molar-refractivity contribution in [3.8, 4) is 5.75 Å². The summed E-state index contributed by atoms with van der Waals surface area (Å²) in [5.41, 5.74) is -0.0465. The Morgan fingerprint density at radius 3 is 2.42 bits per heavy atom. The van der Waals surface area contributed by atoms with Gasteiger partial charge in [0.1, 0.15) is 6.10 Å². The van der Waals surface area contributed by atoms with E-state index >= 15 is 0 Å². The van der Waals surface area contributed by atoms with E-state index in [4.69, 9.17) is 0 Å². The van der Waals surface area contributed by atoms with Gasteiger partial charge in [-0.25, -0.2) is 4.39 Å². The minimum atomic E-state index is -4.99. The lowest BCUT2D eigenvalue weighted by Gasteiger charge is -2.18. The molecule has 0 amide bonds. The number of hydrogen-bond donors (Lipinski definition) is 3. The number of halogens is 4. The molecule has 0 fully saturated rings. The van der Waals surface area contributed by atoms with Crippen molar-refractivity contribution in [2.24, 2.45) is 0 Å². The second kappa shape index (κ2) is 6.18. The predicted octanol–water partition coefficient (Wildman–Crippen LogP) is 1.34. The maximum absolute atomic E-state index is 13.4. The Kier molecular flexibility index (Phi) is 5.10. The highest BCUT2D eigenvalue weighted by molar-refractivity contribution is 5.31. The van der Waals surface area contributed by atoms with Gasteiger partial charge in [-0.1, -0.05) is 6.07 Å². The molecule has 0 aliphatic carbocycles. The molecular formula is C11H13F4NO3. The lowest BCUT2D eigenvalue weighted by atomic mass is 10.0. The van der Waals surface area contributed by atoms with Gasteiger partial charge in [0.2, 0.25) is 0 Å². The fourth-order valence-electron chi connectivity index (χ4n) is 1.45. The van der Waals surface area contributed by atoms with Gasteiger partial charge < -0.3 is 20.3 Å². The number of rotatable bonds is 5. The molecule has 19 heavy (non-hydrogen) atoms. The van der Waals surface area contributed by atoms with E-state index in [-0.39, 0.29) is 12.1 Å². The fourth-order valence-corrected chi connectivity index (χ4v) is 1.45. The van der Waals surface area contributed by atoms with Crippen molar-refractivity contribution in [1.29, 1.82) is 0 Å². The Balaban J connectivity index is 2.87. The van der Waals surface area contributed by atoms with Gasteiger partial charge in [-0.05, 0) is 24.7 Å². The third-order valence-corrected chi connectivity index (χ3v) is 2.30. The molecule has 0 bridgehead atoms. The van der Waals surface area contributed by atoms with Crippen LogP contribution in [0.3, 0.4) is 0 Å². The van der Waals surface area contributed by atoms with Gasteiger partial charge in [0.25, 0.3) is 0 Å². The largest absolute Gasteiger partial charge is 0.573 e. The van der Waals surface area contributed by atoms with Crippen molar-refractivity contribution in [1.82, 2.24) is 5.32 Å². The van der Waals surface area contributed by atoms with Gasteiger partial charge in [0.05, 0.1) is 6.10 Å². The van der Waals surface area contributed by atoms with Crippen molar-refractivity contribution in [3.05, 3.63) is 29.6 Å². The van der Waals surface area contributed by atoms with Crippen molar-refractivity contribution in [3.63, 3.8) is 0 Å². The van der Waals surface area contributed by atoms with Crippen LogP contribution in [0.4, 0.5) is 17.6 Å². The van der Waals surface area contributed by atoms with Crippen LogP contribution in [0.2, 0.25) is 0 Å². The number of alkyl halides is 3. The molecule has 4 nitrogen and oxygen atoms in total. The Morgan fingerprint density at radius 1 is 1.32 bits per heavy atom. The number of hydrogen-bond acceptors (Lipinski definition) is 4. The third kappa shape index (κ3) is 4.66. The van der Waals surface area contributed by atoms with Gasteiger partial charge >= 0.3 is 6.36 Å². The van der Waals surface area contributed by atoms with E-state index < -0.39 is 30.1 Å². The Hall–Kier alpha value is -1.38. The zero-order valence-electron chi connectivity index (χ0n) is 9.91. The van der Waals surface area contributed by atoms with E-state index in [1.165, 1.54) is 7.05 Å². The maximum atomic E-state index is 13.4. The monoisotopic (exact) mass is 283 g/mol. The molecule has 0 aliphatic heterocycles. The summed E-state index contributed by atoms with van der Waals surface area (Å²) in [5.74, 6) is -2.27. The molecule has 0 aromatic heterocycles. The minimum Gasteiger partial charge on any atom is -0.403 e. The summed E-state index contributed by atoms with van der Waals surface area (Å²) in [6.45, 7) is 0.0452. The molecule has 0 aliphatic rings. The average molecular weight is 283 g/mol. The average Bonchev–Trinajstić information content (AvgIpc) is 2.29. The lowest BCUT2D eigenvalue weighted by molar-refractivity contribution is -0.275. The van der Waals surface area contributed by atoms with Crippen LogP contribution < -0.4 is 10.1 Å². The molecule has 0 radical (unpaired) electrons. The van der Waals surface area contributed by atoms with E-state index in [1.54, 1.807) is 0 Å². The zero-order valence-corrected chi connectivity index (χ0v) is 9.91. The number of aliphatic hydroxyl groups is 2. The molecule has 1 rings (SSSR count). The molecule has 8 heteroatoms. The number of benzene rings is 1. The number of nitrogens with one attached hydrogen (secondary N) is 1. The third-order valence-electron chi connectivity index (χ3n) is 2.30. The molecule has 2 atom stereocenters. The van der Waals surface area contributed by atoms with Crippen molar-refractivity contribution in [2.75, 3.05) is 13.6 Å². The van der Waals surface area contributed by atoms with Crippen LogP contribution in [0.15, 0.2) is 18.2 Å². The molecule has 2 unspecified atom stereocenters. The van der Waals surface area contributed by atoms with Gasteiger partial charge in [0, 0.05) is 6.54 Å². The maximum Gasteiger partial charge on any atom is 0.573 e. The first-order valence-electron chi connectivity index (χ1n) is 5.30. The summed E-state index contributed by atoms with van der Waals surface area (Å²) >= 11 is 0. The molecule has 1 aromatic carbocycles. The van der Waals surface area contributed by atoms with Crippen molar-refractivity contribution < 1.29 is 32.5 Å². The van der Waals surface area contributed by atoms with Gasteiger partial charge in [0.15, 0.2) is 11.6 Å². The molecule has 0 spiro atoms. The molecule has 3 N–H and O–H groups in total. The molecule has 0 saturated heterocycles. The smallest absolute Gasteiger partial charge is 0.403 e. The molecule has 1 aromatic rings. The molecular weight excluding hydrogens is 270 g/mol. The highest BCUT2D eigenvalue weighted by Crippen LogP contribution is 2.28. The Labute approximate surface area is 106 Å². The highest BCUT2D eigenvalue weighted by atomic mass is 19.4. The summed E-state index contributed by atoms with van der Waals surface area (Å²) in [4.78, 5) is 0. The van der Waals surface area contributed by atoms with E-state index in [0.717, 1.165) is 12.1 Å². The standard InChI is InChI=1S/C11H13F4NO3/c1-16-5-8(17)10(18)6-2-3-9(7(12)4-6)19-11(13,14)15/h2-4,8,10,16-18H,5H2,1H3. The first-order chi connectivity index (χ1) is 8.74. The summed E-state index contributed by atoms with van der Waals surface area (Å²) in [6.07, 6.45) is -7.62. The van der Waals surface area contributed by atoms with Gasteiger partial charge in [-0.3, -0.25) is 0 Å². The molecule has 108 valence electrons. The van der Waals surface area contributed by atoms with Crippen LogP contribution in [-0.2, 0) is 0 Å². The second-order valence-electron chi connectivity index (χ2n) is 3.81. The summed E-state index contributed by atoms with van der Waals surface area (Å²) in [5, 5.41) is 21.7. The summed E-state index contributed by atoms with van der Waals surface area (Å²) in [6, 6.07) is 2.48. The van der Waals surface area contributed by atoms with E-state index in [2.05, 4.69) is 10.1 Å². The second-order valence-corrected chi connectivity index (χ2v) is 3.81. The van der Waals surface area contributed by atoms with E-state index in [1.807, 2.05) is 0 Å². The van der Waals surface area contributed by atoms with Crippen LogP contribution in [0, 0.1) is 5.82 Å². The lowest BCUT2D eigenvalue weighted by Crippen LogP contribution is -2.29. The van der Waals surface area contributed by atoms with Crippen LogP contribution >= 0.6 is 0 Å². The molecule has 0 saturated carbocycles.